The molecule has 1 aliphatic rings. The molecule has 102 valence electrons. The summed E-state index contributed by atoms with van der Waals surface area (Å²) in [5, 5.41) is 11.3. The normalized spacial score (nSPS) is 14.5. The summed E-state index contributed by atoms with van der Waals surface area (Å²) in [6, 6.07) is 6.76. The highest BCUT2D eigenvalue weighted by molar-refractivity contribution is 5.91. The lowest BCUT2D eigenvalue weighted by molar-refractivity contribution is -0.139. The largest absolute Gasteiger partial charge is 0.482 e. The number of hydrogen-bond acceptors (Lipinski definition) is 3. The fourth-order valence-corrected chi connectivity index (χ4v) is 1.98. The lowest BCUT2D eigenvalue weighted by atomic mass is 9.83. The van der Waals surface area contributed by atoms with Gasteiger partial charge in [-0.15, -0.1) is 0 Å². The number of carbonyl (C=O) groups excluding carboxylic acids is 1. The van der Waals surface area contributed by atoms with E-state index < -0.39 is 5.97 Å². The summed E-state index contributed by atoms with van der Waals surface area (Å²) in [6.07, 6.45) is 4.04. The third kappa shape index (κ3) is 4.28. The van der Waals surface area contributed by atoms with Crippen LogP contribution in [0.1, 0.15) is 25.7 Å². The predicted octanol–water partition coefficient (Wildman–Crippen LogP) is 2.28. The Labute approximate surface area is 111 Å². The maximum absolute atomic E-state index is 11.7. The van der Waals surface area contributed by atoms with Crippen LogP contribution in [0, 0.1) is 5.92 Å². The van der Waals surface area contributed by atoms with Crippen molar-refractivity contribution in [1.82, 2.24) is 0 Å². The zero-order valence-corrected chi connectivity index (χ0v) is 10.6. The van der Waals surface area contributed by atoms with Gasteiger partial charge in [0.1, 0.15) is 5.75 Å². The summed E-state index contributed by atoms with van der Waals surface area (Å²) in [5.74, 6) is -0.0743. The van der Waals surface area contributed by atoms with Gasteiger partial charge in [-0.2, -0.15) is 0 Å². The second-order valence-electron chi connectivity index (χ2n) is 4.76. The average Bonchev–Trinajstić information content (AvgIpc) is 2.32. The first-order chi connectivity index (χ1) is 9.13. The van der Waals surface area contributed by atoms with Crippen LogP contribution in [0.4, 0.5) is 5.69 Å². The molecule has 0 unspecified atom stereocenters. The number of aliphatic carboxylic acids is 1. The van der Waals surface area contributed by atoms with Crippen molar-refractivity contribution in [3.8, 4) is 5.75 Å². The quantitative estimate of drug-likeness (QED) is 0.825. The highest BCUT2D eigenvalue weighted by Gasteiger charge is 2.20. The van der Waals surface area contributed by atoms with Crippen molar-refractivity contribution in [2.75, 3.05) is 11.9 Å². The molecule has 19 heavy (non-hydrogen) atoms. The Morgan fingerprint density at radius 3 is 2.79 bits per heavy atom. The fraction of sp³-hybridized carbons (Fsp3) is 0.429. The first-order valence-electron chi connectivity index (χ1n) is 6.38. The SMILES string of the molecule is O=C(O)COc1cccc(NC(=O)CC2CCC2)c1. The molecule has 2 rings (SSSR count). The van der Waals surface area contributed by atoms with Gasteiger partial charge in [-0.05, 0) is 30.9 Å². The van der Waals surface area contributed by atoms with E-state index in [1.54, 1.807) is 24.3 Å². The van der Waals surface area contributed by atoms with E-state index in [9.17, 15) is 9.59 Å². The first-order valence-corrected chi connectivity index (χ1v) is 6.38. The van der Waals surface area contributed by atoms with E-state index in [2.05, 4.69) is 5.32 Å². The predicted molar refractivity (Wildman–Crippen MR) is 70.2 cm³/mol. The molecule has 5 heteroatoms. The Morgan fingerprint density at radius 2 is 2.16 bits per heavy atom. The Bertz CT molecular complexity index is 468. The molecule has 1 saturated carbocycles. The van der Waals surface area contributed by atoms with E-state index in [1.807, 2.05) is 0 Å². The summed E-state index contributed by atoms with van der Waals surface area (Å²) < 4.78 is 5.05. The van der Waals surface area contributed by atoms with Gasteiger partial charge in [0, 0.05) is 18.2 Å². The number of nitrogens with one attached hydrogen (secondary N) is 1. The molecule has 0 bridgehead atoms. The van der Waals surface area contributed by atoms with Crippen LogP contribution in [0.25, 0.3) is 0 Å². The van der Waals surface area contributed by atoms with Crippen molar-refractivity contribution in [2.24, 2.45) is 5.92 Å². The minimum atomic E-state index is -1.03. The Hall–Kier alpha value is -2.04. The van der Waals surface area contributed by atoms with Gasteiger partial charge < -0.3 is 15.2 Å². The van der Waals surface area contributed by atoms with Gasteiger partial charge in [0.15, 0.2) is 6.61 Å². The van der Waals surface area contributed by atoms with E-state index in [1.165, 1.54) is 6.42 Å². The van der Waals surface area contributed by atoms with Crippen LogP contribution in [-0.4, -0.2) is 23.6 Å². The Balaban J connectivity index is 1.86. The lowest BCUT2D eigenvalue weighted by Gasteiger charge is -2.24. The van der Waals surface area contributed by atoms with Crippen molar-refractivity contribution in [2.45, 2.75) is 25.7 Å². The van der Waals surface area contributed by atoms with Gasteiger partial charge in [-0.25, -0.2) is 4.79 Å². The van der Waals surface area contributed by atoms with E-state index in [0.717, 1.165) is 12.8 Å². The number of carboxylic acids is 1. The molecule has 1 amide bonds. The number of carboxylic acid groups (broad SMARTS) is 1. The number of benzene rings is 1. The number of anilines is 1. The highest BCUT2D eigenvalue weighted by atomic mass is 16.5. The minimum absolute atomic E-state index is 0.0000783. The van der Waals surface area contributed by atoms with E-state index in [0.29, 0.717) is 23.8 Å². The van der Waals surface area contributed by atoms with Crippen molar-refractivity contribution in [1.29, 1.82) is 0 Å². The molecule has 0 aliphatic heterocycles. The minimum Gasteiger partial charge on any atom is -0.482 e. The van der Waals surface area contributed by atoms with Gasteiger partial charge in [0.05, 0.1) is 0 Å². The van der Waals surface area contributed by atoms with Crippen LogP contribution >= 0.6 is 0 Å². The number of ether oxygens (including phenoxy) is 1. The molecule has 1 aromatic carbocycles. The number of hydrogen-bond donors (Lipinski definition) is 2. The smallest absolute Gasteiger partial charge is 0.341 e. The third-order valence-corrected chi connectivity index (χ3v) is 3.18. The molecular formula is C14H17NO4. The van der Waals surface area contributed by atoms with Crippen LogP contribution < -0.4 is 10.1 Å². The molecule has 1 aromatic rings. The van der Waals surface area contributed by atoms with E-state index >= 15 is 0 Å². The number of amides is 1. The highest BCUT2D eigenvalue weighted by Crippen LogP contribution is 2.29. The Kier molecular flexibility index (Phi) is 4.39. The first kappa shape index (κ1) is 13.4. The van der Waals surface area contributed by atoms with Crippen LogP contribution in [0.5, 0.6) is 5.75 Å². The van der Waals surface area contributed by atoms with E-state index in [-0.39, 0.29) is 12.5 Å². The molecule has 0 heterocycles. The third-order valence-electron chi connectivity index (χ3n) is 3.18. The summed E-state index contributed by atoms with van der Waals surface area (Å²) in [7, 11) is 0. The topological polar surface area (TPSA) is 75.6 Å². The number of rotatable bonds is 6. The van der Waals surface area contributed by atoms with Crippen molar-refractivity contribution in [3.63, 3.8) is 0 Å². The summed E-state index contributed by atoms with van der Waals surface area (Å²) in [6.45, 7) is -0.389. The second kappa shape index (κ2) is 6.22. The molecule has 1 fully saturated rings. The number of carbonyl (C=O) groups is 2. The van der Waals surface area contributed by atoms with Crippen LogP contribution in [-0.2, 0) is 9.59 Å². The molecule has 5 nitrogen and oxygen atoms in total. The fourth-order valence-electron chi connectivity index (χ4n) is 1.98. The Morgan fingerprint density at radius 1 is 1.37 bits per heavy atom. The molecule has 0 spiro atoms. The van der Waals surface area contributed by atoms with Crippen molar-refractivity contribution >= 4 is 17.6 Å². The zero-order valence-electron chi connectivity index (χ0n) is 10.6. The van der Waals surface area contributed by atoms with Gasteiger partial charge in [0.25, 0.3) is 0 Å². The summed E-state index contributed by atoms with van der Waals surface area (Å²) in [5.41, 5.74) is 0.632. The van der Waals surface area contributed by atoms with Crippen molar-refractivity contribution < 1.29 is 19.4 Å². The maximum atomic E-state index is 11.7. The summed E-state index contributed by atoms with van der Waals surface area (Å²) >= 11 is 0. The van der Waals surface area contributed by atoms with Crippen molar-refractivity contribution in [3.05, 3.63) is 24.3 Å². The van der Waals surface area contributed by atoms with Gasteiger partial charge in [-0.1, -0.05) is 12.5 Å². The molecule has 1 aliphatic carbocycles. The molecular weight excluding hydrogens is 246 g/mol. The molecule has 0 atom stereocenters. The van der Waals surface area contributed by atoms with Gasteiger partial charge in [0.2, 0.25) is 5.91 Å². The van der Waals surface area contributed by atoms with Crippen LogP contribution in [0.15, 0.2) is 24.3 Å². The zero-order chi connectivity index (χ0) is 13.7. The maximum Gasteiger partial charge on any atom is 0.341 e. The van der Waals surface area contributed by atoms with Gasteiger partial charge >= 0.3 is 5.97 Å². The second-order valence-corrected chi connectivity index (χ2v) is 4.76. The average molecular weight is 263 g/mol. The van der Waals surface area contributed by atoms with E-state index in [4.69, 9.17) is 9.84 Å². The molecule has 0 radical (unpaired) electrons. The monoisotopic (exact) mass is 263 g/mol. The van der Waals surface area contributed by atoms with Crippen LogP contribution in [0.3, 0.4) is 0 Å². The lowest BCUT2D eigenvalue weighted by Crippen LogP contribution is -2.20. The molecule has 0 saturated heterocycles. The summed E-state index contributed by atoms with van der Waals surface area (Å²) in [4.78, 5) is 22.1. The molecule has 2 N–H and O–H groups in total. The van der Waals surface area contributed by atoms with Gasteiger partial charge in [-0.3, -0.25) is 4.79 Å². The van der Waals surface area contributed by atoms with Crippen LogP contribution in [0.2, 0.25) is 0 Å². The molecule has 0 aromatic heterocycles. The standard InChI is InChI=1S/C14H17NO4/c16-13(7-10-3-1-4-10)15-11-5-2-6-12(8-11)19-9-14(17)18/h2,5-6,8,10H,1,3-4,7,9H2,(H,15,16)(H,17,18).